The zero-order chi connectivity index (χ0) is 17.2. The Morgan fingerprint density at radius 1 is 1.17 bits per heavy atom. The first-order valence-corrected chi connectivity index (χ1v) is 8.38. The average Bonchev–Trinajstić information content (AvgIpc) is 2.50. The third kappa shape index (κ3) is 3.67. The van der Waals surface area contributed by atoms with E-state index in [0.717, 1.165) is 31.4 Å². The minimum absolute atomic E-state index is 0.0376. The minimum Gasteiger partial charge on any atom is -0.465 e. The number of carbonyl (C=O) groups excluding carboxylic acids is 1. The van der Waals surface area contributed by atoms with E-state index >= 15 is 0 Å². The van der Waals surface area contributed by atoms with Crippen LogP contribution in [0.2, 0.25) is 0 Å². The standard InChI is InChI=1S/C14H10BrF2NO4S/c1-22-14(19)9-7-8(5-6-10(9)15)23(20,21)18-13-11(16)3-2-4-12(13)17/h2-7,18H,1H3. The number of carbonyl (C=O) groups is 1. The van der Waals surface area contributed by atoms with Crippen LogP contribution < -0.4 is 4.72 Å². The Kier molecular flexibility index (Phi) is 5.00. The van der Waals surface area contributed by atoms with Crippen molar-refractivity contribution < 1.29 is 26.7 Å². The number of esters is 1. The lowest BCUT2D eigenvalue weighted by Crippen LogP contribution is -2.16. The number of nitrogens with one attached hydrogen (secondary N) is 1. The zero-order valence-electron chi connectivity index (χ0n) is 11.6. The van der Waals surface area contributed by atoms with Crippen molar-refractivity contribution in [1.82, 2.24) is 0 Å². The molecular weight excluding hydrogens is 396 g/mol. The number of sulfonamides is 1. The fourth-order valence-corrected chi connectivity index (χ4v) is 3.24. The maximum atomic E-state index is 13.6. The summed E-state index contributed by atoms with van der Waals surface area (Å²) in [5, 5.41) is 0. The van der Waals surface area contributed by atoms with Crippen LogP contribution in [-0.2, 0) is 14.8 Å². The number of halogens is 3. The minimum atomic E-state index is -4.30. The lowest BCUT2D eigenvalue weighted by atomic mass is 10.2. The molecule has 0 bridgehead atoms. The van der Waals surface area contributed by atoms with Crippen LogP contribution in [0.4, 0.5) is 14.5 Å². The van der Waals surface area contributed by atoms with E-state index in [1.807, 2.05) is 4.72 Å². The molecule has 0 atom stereocenters. The molecule has 0 aromatic heterocycles. The topological polar surface area (TPSA) is 72.5 Å². The highest BCUT2D eigenvalue weighted by molar-refractivity contribution is 9.10. The van der Waals surface area contributed by atoms with Gasteiger partial charge in [0.2, 0.25) is 0 Å². The summed E-state index contributed by atoms with van der Waals surface area (Å²) in [5.41, 5.74) is -0.834. The van der Waals surface area contributed by atoms with Crippen LogP contribution >= 0.6 is 15.9 Å². The van der Waals surface area contributed by atoms with Gasteiger partial charge in [-0.15, -0.1) is 0 Å². The number of ether oxygens (including phenoxy) is 1. The normalized spacial score (nSPS) is 11.1. The van der Waals surface area contributed by atoms with Crippen LogP contribution in [0.25, 0.3) is 0 Å². The Morgan fingerprint density at radius 3 is 2.35 bits per heavy atom. The molecule has 23 heavy (non-hydrogen) atoms. The molecule has 5 nitrogen and oxygen atoms in total. The lowest BCUT2D eigenvalue weighted by molar-refractivity contribution is 0.0599. The summed E-state index contributed by atoms with van der Waals surface area (Å²) >= 11 is 3.09. The average molecular weight is 406 g/mol. The first kappa shape index (κ1) is 17.4. The SMILES string of the molecule is COC(=O)c1cc(S(=O)(=O)Nc2c(F)cccc2F)ccc1Br. The zero-order valence-corrected chi connectivity index (χ0v) is 14.0. The largest absolute Gasteiger partial charge is 0.465 e. The number of rotatable bonds is 4. The Bertz CT molecular complexity index is 851. The van der Waals surface area contributed by atoms with Gasteiger partial charge in [0.1, 0.15) is 17.3 Å². The number of hydrogen-bond acceptors (Lipinski definition) is 4. The summed E-state index contributed by atoms with van der Waals surface area (Å²) in [4.78, 5) is 11.2. The predicted molar refractivity (Wildman–Crippen MR) is 82.6 cm³/mol. The van der Waals surface area contributed by atoms with Crippen molar-refractivity contribution in [3.8, 4) is 0 Å². The molecule has 2 rings (SSSR count). The van der Waals surface area contributed by atoms with E-state index in [2.05, 4.69) is 20.7 Å². The van der Waals surface area contributed by atoms with Crippen LogP contribution in [0, 0.1) is 11.6 Å². The van der Waals surface area contributed by atoms with Gasteiger partial charge in [-0.2, -0.15) is 0 Å². The van der Waals surface area contributed by atoms with Crippen LogP contribution in [0.15, 0.2) is 45.8 Å². The fourth-order valence-electron chi connectivity index (χ4n) is 1.73. The van der Waals surface area contributed by atoms with Gasteiger partial charge in [0, 0.05) is 4.47 Å². The predicted octanol–water partition coefficient (Wildman–Crippen LogP) is 3.31. The molecule has 0 heterocycles. The molecule has 1 N–H and O–H groups in total. The highest BCUT2D eigenvalue weighted by atomic mass is 79.9. The van der Waals surface area contributed by atoms with Gasteiger partial charge in [-0.05, 0) is 46.3 Å². The van der Waals surface area contributed by atoms with Gasteiger partial charge < -0.3 is 4.74 Å². The Morgan fingerprint density at radius 2 is 1.78 bits per heavy atom. The van der Waals surface area contributed by atoms with Crippen molar-refractivity contribution in [3.63, 3.8) is 0 Å². The summed E-state index contributed by atoms with van der Waals surface area (Å²) < 4.78 is 58.4. The van der Waals surface area contributed by atoms with Crippen molar-refractivity contribution in [1.29, 1.82) is 0 Å². The van der Waals surface area contributed by atoms with Gasteiger partial charge in [0.15, 0.2) is 0 Å². The third-order valence-corrected chi connectivity index (χ3v) is 4.89. The molecule has 0 aliphatic heterocycles. The van der Waals surface area contributed by atoms with Crippen molar-refractivity contribution in [2.45, 2.75) is 4.90 Å². The highest BCUT2D eigenvalue weighted by Gasteiger charge is 2.21. The first-order chi connectivity index (χ1) is 10.8. The van der Waals surface area contributed by atoms with Crippen molar-refractivity contribution in [2.75, 3.05) is 11.8 Å². The molecule has 0 saturated heterocycles. The summed E-state index contributed by atoms with van der Waals surface area (Å²) in [6.07, 6.45) is 0. The van der Waals surface area contributed by atoms with Gasteiger partial charge in [0.25, 0.3) is 10.0 Å². The molecular formula is C14H10BrF2NO4S. The molecule has 0 aliphatic rings. The number of benzene rings is 2. The van der Waals surface area contributed by atoms with Gasteiger partial charge in [-0.3, -0.25) is 4.72 Å². The number of para-hydroxylation sites is 1. The van der Waals surface area contributed by atoms with E-state index < -0.39 is 33.3 Å². The molecule has 0 unspecified atom stereocenters. The van der Waals surface area contributed by atoms with E-state index in [4.69, 9.17) is 0 Å². The number of anilines is 1. The Balaban J connectivity index is 2.46. The second-order valence-corrected chi connectivity index (χ2v) is 6.87. The summed E-state index contributed by atoms with van der Waals surface area (Å²) in [5.74, 6) is -2.87. The number of hydrogen-bond donors (Lipinski definition) is 1. The summed E-state index contributed by atoms with van der Waals surface area (Å²) in [6.45, 7) is 0. The van der Waals surface area contributed by atoms with E-state index in [0.29, 0.717) is 4.47 Å². The van der Waals surface area contributed by atoms with E-state index in [1.165, 1.54) is 12.1 Å². The van der Waals surface area contributed by atoms with Crippen molar-refractivity contribution in [3.05, 3.63) is 58.1 Å². The molecule has 2 aromatic rings. The highest BCUT2D eigenvalue weighted by Crippen LogP contribution is 2.25. The second kappa shape index (κ2) is 6.63. The monoisotopic (exact) mass is 405 g/mol. The van der Waals surface area contributed by atoms with E-state index in [9.17, 15) is 22.0 Å². The summed E-state index contributed by atoms with van der Waals surface area (Å²) in [6, 6.07) is 6.48. The van der Waals surface area contributed by atoms with Crippen LogP contribution in [0.1, 0.15) is 10.4 Å². The maximum absolute atomic E-state index is 13.6. The fraction of sp³-hybridized carbons (Fsp3) is 0.0714. The smallest absolute Gasteiger partial charge is 0.339 e. The molecule has 0 saturated carbocycles. The lowest BCUT2D eigenvalue weighted by Gasteiger charge is -2.11. The molecule has 0 spiro atoms. The molecule has 122 valence electrons. The third-order valence-electron chi connectivity index (χ3n) is 2.85. The van der Waals surface area contributed by atoms with Gasteiger partial charge in [-0.25, -0.2) is 22.0 Å². The second-order valence-electron chi connectivity index (χ2n) is 4.34. The van der Waals surface area contributed by atoms with E-state index in [1.54, 1.807) is 0 Å². The molecule has 2 aromatic carbocycles. The van der Waals surface area contributed by atoms with Crippen molar-refractivity contribution >= 4 is 37.6 Å². The molecule has 0 radical (unpaired) electrons. The molecule has 0 aliphatic carbocycles. The van der Waals surface area contributed by atoms with Crippen LogP contribution in [0.3, 0.4) is 0 Å². The Labute approximate surface area is 139 Å². The molecule has 0 fully saturated rings. The maximum Gasteiger partial charge on any atom is 0.339 e. The van der Waals surface area contributed by atoms with Crippen molar-refractivity contribution in [2.24, 2.45) is 0 Å². The number of methoxy groups -OCH3 is 1. The molecule has 0 amide bonds. The quantitative estimate of drug-likeness (QED) is 0.791. The molecule has 9 heteroatoms. The van der Waals surface area contributed by atoms with Gasteiger partial charge in [0.05, 0.1) is 17.6 Å². The van der Waals surface area contributed by atoms with Crippen LogP contribution in [0.5, 0.6) is 0 Å². The summed E-state index contributed by atoms with van der Waals surface area (Å²) in [7, 11) is -3.16. The van der Waals surface area contributed by atoms with Crippen LogP contribution in [-0.4, -0.2) is 21.5 Å². The first-order valence-electron chi connectivity index (χ1n) is 6.11. The van der Waals surface area contributed by atoms with Gasteiger partial charge >= 0.3 is 5.97 Å². The Hall–Kier alpha value is -2.00. The van der Waals surface area contributed by atoms with E-state index in [-0.39, 0.29) is 10.5 Å². The van der Waals surface area contributed by atoms with Gasteiger partial charge in [-0.1, -0.05) is 6.07 Å².